The minimum Gasteiger partial charge on any atom is -0.497 e. The van der Waals surface area contributed by atoms with Gasteiger partial charge in [0.1, 0.15) is 22.3 Å². The molecule has 0 unspecified atom stereocenters. The van der Waals surface area contributed by atoms with Crippen molar-refractivity contribution >= 4 is 34.6 Å². The number of benzene rings is 2. The second-order valence-electron chi connectivity index (χ2n) is 5.45. The summed E-state index contributed by atoms with van der Waals surface area (Å²) in [6.45, 7) is 0. The summed E-state index contributed by atoms with van der Waals surface area (Å²) in [6, 6.07) is 18.8. The maximum atomic E-state index is 12.7. The molecule has 130 valence electrons. The molecule has 2 aromatic carbocycles. The molecule has 0 spiro atoms. The van der Waals surface area contributed by atoms with Crippen molar-refractivity contribution in [1.82, 2.24) is 0 Å². The van der Waals surface area contributed by atoms with Crippen molar-refractivity contribution in [2.24, 2.45) is 0 Å². The largest absolute Gasteiger partial charge is 0.497 e. The number of hydrogen-bond donors (Lipinski definition) is 1. The minimum absolute atomic E-state index is 0.152. The Kier molecular flexibility index (Phi) is 5.61. The molecular weight excluding hydrogens is 364 g/mol. The molecule has 0 aliphatic carbocycles. The van der Waals surface area contributed by atoms with Crippen LogP contribution in [-0.2, 0) is 5.75 Å². The summed E-state index contributed by atoms with van der Waals surface area (Å²) < 4.78 is 5.92. The van der Waals surface area contributed by atoms with E-state index in [1.54, 1.807) is 19.2 Å². The molecule has 3 rings (SSSR count). The van der Waals surface area contributed by atoms with E-state index in [1.165, 1.54) is 23.1 Å². The Balaban J connectivity index is 1.83. The van der Waals surface area contributed by atoms with Crippen molar-refractivity contribution in [1.29, 1.82) is 5.26 Å². The van der Waals surface area contributed by atoms with Gasteiger partial charge in [-0.05, 0) is 17.7 Å². The monoisotopic (exact) mass is 380 g/mol. The Morgan fingerprint density at radius 2 is 1.88 bits per heavy atom. The summed E-state index contributed by atoms with van der Waals surface area (Å²) in [7, 11) is 1.63. The number of thioether (sulfide) groups is 1. The minimum atomic E-state index is -0.152. The van der Waals surface area contributed by atoms with E-state index in [0.717, 1.165) is 15.5 Å². The lowest BCUT2D eigenvalue weighted by Gasteiger charge is -2.02. The first kappa shape index (κ1) is 18.1. The summed E-state index contributed by atoms with van der Waals surface area (Å²) in [5.74, 6) is 1.32. The predicted octanol–water partition coefficient (Wildman–Crippen LogP) is 4.73. The number of ketones is 1. The zero-order valence-corrected chi connectivity index (χ0v) is 15.7. The van der Waals surface area contributed by atoms with Gasteiger partial charge in [-0.15, -0.1) is 23.1 Å². The van der Waals surface area contributed by atoms with E-state index < -0.39 is 0 Å². The molecular formula is C20H16N2O2S2. The van der Waals surface area contributed by atoms with E-state index >= 15 is 0 Å². The summed E-state index contributed by atoms with van der Waals surface area (Å²) in [5, 5.41) is 9.47. The van der Waals surface area contributed by atoms with Crippen molar-refractivity contribution in [3.05, 3.63) is 76.2 Å². The average Bonchev–Trinajstić information content (AvgIpc) is 3.02. The van der Waals surface area contributed by atoms with Crippen LogP contribution in [0.5, 0.6) is 5.75 Å². The third-order valence-electron chi connectivity index (χ3n) is 3.80. The van der Waals surface area contributed by atoms with E-state index in [4.69, 9.17) is 10.5 Å². The lowest BCUT2D eigenvalue weighted by atomic mass is 10.1. The molecule has 0 radical (unpaired) electrons. The Labute approximate surface area is 160 Å². The number of nitrogens with zero attached hydrogens (tertiary/aromatic N) is 1. The van der Waals surface area contributed by atoms with E-state index in [9.17, 15) is 10.1 Å². The molecule has 0 aliphatic rings. The van der Waals surface area contributed by atoms with Gasteiger partial charge in [0.05, 0.1) is 17.0 Å². The number of methoxy groups -OCH3 is 1. The van der Waals surface area contributed by atoms with Crippen LogP contribution in [0.1, 0.15) is 26.4 Å². The highest BCUT2D eigenvalue weighted by Crippen LogP contribution is 2.40. The Morgan fingerprint density at radius 3 is 2.50 bits per heavy atom. The van der Waals surface area contributed by atoms with Crippen LogP contribution in [0.2, 0.25) is 0 Å². The van der Waals surface area contributed by atoms with Gasteiger partial charge in [0.15, 0.2) is 0 Å². The van der Waals surface area contributed by atoms with Gasteiger partial charge in [0.2, 0.25) is 5.78 Å². The molecule has 3 aromatic rings. The summed E-state index contributed by atoms with van der Waals surface area (Å²) in [6.07, 6.45) is 0. The predicted molar refractivity (Wildman–Crippen MR) is 106 cm³/mol. The molecule has 26 heavy (non-hydrogen) atoms. The first-order valence-corrected chi connectivity index (χ1v) is 9.62. The lowest BCUT2D eigenvalue weighted by Crippen LogP contribution is -2.02. The molecule has 0 saturated carbocycles. The molecule has 1 aromatic heterocycles. The molecule has 1 heterocycles. The fourth-order valence-electron chi connectivity index (χ4n) is 2.39. The maximum Gasteiger partial charge on any atom is 0.205 e. The standard InChI is InChI=1S/C20H16N2O2S2/c1-24-15-9-7-13(8-10-15)12-25-20-16(11-21)17(22)19(26-20)18(23)14-5-3-2-4-6-14/h2-10H,12,22H2,1H3. The molecule has 4 nitrogen and oxygen atoms in total. The van der Waals surface area contributed by atoms with E-state index in [-0.39, 0.29) is 11.5 Å². The highest BCUT2D eigenvalue weighted by Gasteiger charge is 2.22. The van der Waals surface area contributed by atoms with Gasteiger partial charge in [-0.3, -0.25) is 4.79 Å². The van der Waals surface area contributed by atoms with Gasteiger partial charge in [0, 0.05) is 11.3 Å². The number of thiophene rings is 1. The molecule has 0 bridgehead atoms. The Hall–Kier alpha value is -2.75. The van der Waals surface area contributed by atoms with Gasteiger partial charge in [0.25, 0.3) is 0 Å². The van der Waals surface area contributed by atoms with E-state index in [1.807, 2.05) is 42.5 Å². The fraction of sp³-hybridized carbons (Fsp3) is 0.100. The number of carbonyl (C=O) groups is 1. The zero-order valence-electron chi connectivity index (χ0n) is 14.1. The Bertz CT molecular complexity index is 958. The maximum absolute atomic E-state index is 12.7. The highest BCUT2D eigenvalue weighted by atomic mass is 32.2. The number of carbonyl (C=O) groups excluding carboxylic acids is 1. The summed E-state index contributed by atoms with van der Waals surface area (Å²) in [4.78, 5) is 13.1. The molecule has 0 aliphatic heterocycles. The third kappa shape index (κ3) is 3.74. The summed E-state index contributed by atoms with van der Waals surface area (Å²) in [5.41, 5.74) is 8.41. The van der Waals surface area contributed by atoms with Crippen LogP contribution in [0.3, 0.4) is 0 Å². The van der Waals surface area contributed by atoms with Crippen molar-refractivity contribution < 1.29 is 9.53 Å². The normalized spacial score (nSPS) is 10.3. The number of ether oxygens (including phenoxy) is 1. The summed E-state index contributed by atoms with van der Waals surface area (Å²) >= 11 is 2.79. The topological polar surface area (TPSA) is 76.1 Å². The lowest BCUT2D eigenvalue weighted by molar-refractivity contribution is 0.104. The van der Waals surface area contributed by atoms with Crippen LogP contribution >= 0.6 is 23.1 Å². The third-order valence-corrected chi connectivity index (χ3v) is 6.34. The van der Waals surface area contributed by atoms with Gasteiger partial charge in [-0.1, -0.05) is 42.5 Å². The van der Waals surface area contributed by atoms with Crippen LogP contribution in [0.15, 0.2) is 58.8 Å². The molecule has 0 saturated heterocycles. The Morgan fingerprint density at radius 1 is 1.19 bits per heavy atom. The van der Waals surface area contributed by atoms with Crippen molar-refractivity contribution in [3.8, 4) is 11.8 Å². The van der Waals surface area contributed by atoms with Gasteiger partial charge in [-0.25, -0.2) is 0 Å². The van der Waals surface area contributed by atoms with Crippen molar-refractivity contribution in [3.63, 3.8) is 0 Å². The zero-order chi connectivity index (χ0) is 18.5. The first-order valence-electron chi connectivity index (χ1n) is 7.82. The highest BCUT2D eigenvalue weighted by molar-refractivity contribution is 8.00. The quantitative estimate of drug-likeness (QED) is 0.494. The van der Waals surface area contributed by atoms with Gasteiger partial charge >= 0.3 is 0 Å². The van der Waals surface area contributed by atoms with Crippen LogP contribution in [-0.4, -0.2) is 12.9 Å². The van der Waals surface area contributed by atoms with Crippen LogP contribution in [0.4, 0.5) is 5.69 Å². The van der Waals surface area contributed by atoms with Crippen molar-refractivity contribution in [2.45, 2.75) is 9.96 Å². The fourth-order valence-corrected chi connectivity index (χ4v) is 4.71. The smallest absolute Gasteiger partial charge is 0.205 e. The molecule has 0 atom stereocenters. The van der Waals surface area contributed by atoms with Crippen LogP contribution < -0.4 is 10.5 Å². The number of anilines is 1. The number of nitriles is 1. The van der Waals surface area contributed by atoms with Gasteiger partial charge in [-0.2, -0.15) is 5.26 Å². The van der Waals surface area contributed by atoms with Gasteiger partial charge < -0.3 is 10.5 Å². The first-order chi connectivity index (χ1) is 12.6. The second kappa shape index (κ2) is 8.09. The second-order valence-corrected chi connectivity index (χ2v) is 7.72. The SMILES string of the molecule is COc1ccc(CSc2sc(C(=O)c3ccccc3)c(N)c2C#N)cc1. The number of nitrogen functional groups attached to an aromatic ring is 1. The van der Waals surface area contributed by atoms with Crippen LogP contribution in [0.25, 0.3) is 0 Å². The van der Waals surface area contributed by atoms with Crippen molar-refractivity contribution in [2.75, 3.05) is 12.8 Å². The molecule has 0 amide bonds. The van der Waals surface area contributed by atoms with E-state index in [0.29, 0.717) is 21.8 Å². The average molecular weight is 380 g/mol. The molecule has 0 fully saturated rings. The molecule has 6 heteroatoms. The molecule has 2 N–H and O–H groups in total. The number of rotatable bonds is 6. The number of hydrogen-bond acceptors (Lipinski definition) is 6. The number of nitrogens with two attached hydrogens (primary N) is 1. The van der Waals surface area contributed by atoms with E-state index in [2.05, 4.69) is 6.07 Å². The van der Waals surface area contributed by atoms with Crippen LogP contribution in [0, 0.1) is 11.3 Å².